The van der Waals surface area contributed by atoms with Crippen LogP contribution in [0.2, 0.25) is 5.02 Å². The number of aromatic nitrogens is 2. The Morgan fingerprint density at radius 2 is 2.07 bits per heavy atom. The molecule has 0 spiro atoms. The largest absolute Gasteiger partial charge is 0.484 e. The maximum absolute atomic E-state index is 13.3. The minimum absolute atomic E-state index is 0.0649. The van der Waals surface area contributed by atoms with Gasteiger partial charge in [-0.1, -0.05) is 29.8 Å². The number of carbonyl (C=O) groups excluding carboxylic acids is 1. The number of halogens is 2. The molecule has 3 aromatic rings. The first-order valence-electron chi connectivity index (χ1n) is 9.34. The second-order valence-corrected chi connectivity index (χ2v) is 7.26. The second-order valence-electron chi connectivity index (χ2n) is 6.85. The summed E-state index contributed by atoms with van der Waals surface area (Å²) >= 11 is 6.04. The first-order chi connectivity index (χ1) is 14.1. The van der Waals surface area contributed by atoms with Crippen molar-refractivity contribution in [3.63, 3.8) is 0 Å². The zero-order valence-electron chi connectivity index (χ0n) is 15.6. The lowest BCUT2D eigenvalue weighted by Gasteiger charge is -2.31. The van der Waals surface area contributed by atoms with Crippen molar-refractivity contribution in [1.82, 2.24) is 15.1 Å². The van der Waals surface area contributed by atoms with E-state index in [1.807, 2.05) is 30.3 Å². The quantitative estimate of drug-likeness (QED) is 0.615. The van der Waals surface area contributed by atoms with E-state index in [0.717, 1.165) is 24.7 Å². The molecule has 29 heavy (non-hydrogen) atoms. The lowest BCUT2D eigenvalue weighted by Crippen LogP contribution is -2.39. The summed E-state index contributed by atoms with van der Waals surface area (Å²) in [5.74, 6) is 0.821. The molecule has 2 heterocycles. The van der Waals surface area contributed by atoms with Gasteiger partial charge < -0.3 is 14.1 Å². The number of nitrogens with zero attached hydrogens (tertiary/aromatic N) is 3. The number of likely N-dealkylation sites (tertiary alicyclic amines) is 1. The van der Waals surface area contributed by atoms with E-state index in [2.05, 4.69) is 10.2 Å². The van der Waals surface area contributed by atoms with E-state index in [0.29, 0.717) is 24.9 Å². The Kier molecular flexibility index (Phi) is 5.76. The van der Waals surface area contributed by atoms with Gasteiger partial charge in [0.05, 0.1) is 16.5 Å². The molecule has 1 aromatic heterocycles. The molecular formula is C21H19ClFN3O3. The number of para-hydroxylation sites is 1. The number of hydrogen-bond donors (Lipinski definition) is 0. The molecule has 2 aromatic carbocycles. The fraction of sp³-hybridized carbons (Fsp3) is 0.286. The Morgan fingerprint density at radius 3 is 2.86 bits per heavy atom. The van der Waals surface area contributed by atoms with Crippen LogP contribution in [-0.4, -0.2) is 34.1 Å². The van der Waals surface area contributed by atoms with Crippen molar-refractivity contribution < 1.29 is 18.3 Å². The van der Waals surface area contributed by atoms with Crippen LogP contribution in [0.3, 0.4) is 0 Å². The second kappa shape index (κ2) is 8.61. The van der Waals surface area contributed by atoms with Crippen molar-refractivity contribution >= 4 is 17.5 Å². The van der Waals surface area contributed by atoms with Gasteiger partial charge in [-0.3, -0.25) is 4.79 Å². The van der Waals surface area contributed by atoms with Crippen LogP contribution in [0.15, 0.2) is 52.9 Å². The van der Waals surface area contributed by atoms with Gasteiger partial charge in [0.15, 0.2) is 6.61 Å². The molecule has 150 valence electrons. The average Bonchev–Trinajstić information content (AvgIpc) is 3.22. The molecule has 1 aliphatic heterocycles. The zero-order chi connectivity index (χ0) is 20.2. The molecule has 1 atom stereocenters. The predicted molar refractivity (Wildman–Crippen MR) is 104 cm³/mol. The molecule has 0 saturated carbocycles. The van der Waals surface area contributed by atoms with E-state index in [1.54, 1.807) is 4.90 Å². The lowest BCUT2D eigenvalue weighted by atomic mass is 9.97. The molecule has 0 radical (unpaired) electrons. The number of benzene rings is 2. The SMILES string of the molecule is O=C(c1ccc(F)cc1Cl)N1CCCC(c2nnc(COc3ccccc3)o2)C1. The van der Waals surface area contributed by atoms with Crippen LogP contribution in [0.25, 0.3) is 0 Å². The summed E-state index contributed by atoms with van der Waals surface area (Å²) < 4.78 is 24.6. The van der Waals surface area contributed by atoms with E-state index < -0.39 is 5.82 Å². The molecule has 1 amide bonds. The van der Waals surface area contributed by atoms with Crippen LogP contribution in [0.5, 0.6) is 5.75 Å². The van der Waals surface area contributed by atoms with Gasteiger partial charge in [0.1, 0.15) is 11.6 Å². The van der Waals surface area contributed by atoms with E-state index >= 15 is 0 Å². The van der Waals surface area contributed by atoms with Gasteiger partial charge in [-0.05, 0) is 43.2 Å². The van der Waals surface area contributed by atoms with Crippen LogP contribution in [-0.2, 0) is 6.61 Å². The molecule has 0 bridgehead atoms. The summed E-state index contributed by atoms with van der Waals surface area (Å²) in [6, 6.07) is 13.2. The zero-order valence-corrected chi connectivity index (χ0v) is 16.3. The van der Waals surface area contributed by atoms with Crippen molar-refractivity contribution in [2.24, 2.45) is 0 Å². The molecule has 1 aliphatic rings. The molecular weight excluding hydrogens is 397 g/mol. The summed E-state index contributed by atoms with van der Waals surface area (Å²) in [5.41, 5.74) is 0.288. The van der Waals surface area contributed by atoms with E-state index in [4.69, 9.17) is 20.8 Å². The first kappa shape index (κ1) is 19.4. The van der Waals surface area contributed by atoms with Gasteiger partial charge in [0.25, 0.3) is 11.8 Å². The van der Waals surface area contributed by atoms with Crippen LogP contribution >= 0.6 is 11.6 Å². The van der Waals surface area contributed by atoms with Crippen LogP contribution in [0.4, 0.5) is 4.39 Å². The predicted octanol–water partition coefficient (Wildman–Crippen LogP) is 4.46. The van der Waals surface area contributed by atoms with E-state index in [-0.39, 0.29) is 29.0 Å². The van der Waals surface area contributed by atoms with Crippen molar-refractivity contribution in [2.75, 3.05) is 13.1 Å². The van der Waals surface area contributed by atoms with Crippen molar-refractivity contribution in [2.45, 2.75) is 25.4 Å². The minimum atomic E-state index is -0.473. The monoisotopic (exact) mass is 415 g/mol. The molecule has 1 unspecified atom stereocenters. The fourth-order valence-corrected chi connectivity index (χ4v) is 3.60. The third-order valence-electron chi connectivity index (χ3n) is 4.81. The van der Waals surface area contributed by atoms with Gasteiger partial charge in [-0.15, -0.1) is 10.2 Å². The number of amides is 1. The van der Waals surface area contributed by atoms with Crippen molar-refractivity contribution in [3.05, 3.63) is 76.7 Å². The molecule has 4 rings (SSSR count). The summed E-state index contributed by atoms with van der Waals surface area (Å²) in [6.45, 7) is 1.21. The normalized spacial score (nSPS) is 16.6. The topological polar surface area (TPSA) is 68.5 Å². The lowest BCUT2D eigenvalue weighted by molar-refractivity contribution is 0.0697. The number of ether oxygens (including phenoxy) is 1. The highest BCUT2D eigenvalue weighted by molar-refractivity contribution is 6.33. The van der Waals surface area contributed by atoms with Crippen LogP contribution < -0.4 is 4.74 Å². The minimum Gasteiger partial charge on any atom is -0.484 e. The van der Waals surface area contributed by atoms with Gasteiger partial charge in [0.2, 0.25) is 5.89 Å². The van der Waals surface area contributed by atoms with Crippen LogP contribution in [0, 0.1) is 5.82 Å². The number of piperidine rings is 1. The maximum atomic E-state index is 13.3. The summed E-state index contributed by atoms with van der Waals surface area (Å²) in [4.78, 5) is 14.5. The summed E-state index contributed by atoms with van der Waals surface area (Å²) in [6.07, 6.45) is 1.63. The Bertz CT molecular complexity index is 996. The van der Waals surface area contributed by atoms with Gasteiger partial charge in [0, 0.05) is 13.1 Å². The highest BCUT2D eigenvalue weighted by Gasteiger charge is 2.29. The van der Waals surface area contributed by atoms with Crippen molar-refractivity contribution in [3.8, 4) is 5.75 Å². The Morgan fingerprint density at radius 1 is 1.24 bits per heavy atom. The van der Waals surface area contributed by atoms with E-state index in [9.17, 15) is 9.18 Å². The van der Waals surface area contributed by atoms with Gasteiger partial charge in [-0.25, -0.2) is 4.39 Å². The van der Waals surface area contributed by atoms with E-state index in [1.165, 1.54) is 12.1 Å². The number of hydrogen-bond acceptors (Lipinski definition) is 5. The highest BCUT2D eigenvalue weighted by atomic mass is 35.5. The Hall–Kier alpha value is -2.93. The summed E-state index contributed by atoms with van der Waals surface area (Å²) in [5, 5.41) is 8.29. The molecule has 6 nitrogen and oxygen atoms in total. The first-order valence-corrected chi connectivity index (χ1v) is 9.72. The molecule has 0 N–H and O–H groups in total. The van der Waals surface area contributed by atoms with Crippen LogP contribution in [0.1, 0.15) is 40.9 Å². The molecule has 1 fully saturated rings. The van der Waals surface area contributed by atoms with Gasteiger partial charge >= 0.3 is 0 Å². The van der Waals surface area contributed by atoms with Crippen molar-refractivity contribution in [1.29, 1.82) is 0 Å². The number of carbonyl (C=O) groups is 1. The third-order valence-corrected chi connectivity index (χ3v) is 5.12. The van der Waals surface area contributed by atoms with Gasteiger partial charge in [-0.2, -0.15) is 0 Å². The maximum Gasteiger partial charge on any atom is 0.255 e. The Balaban J connectivity index is 1.41. The average molecular weight is 416 g/mol. The molecule has 1 saturated heterocycles. The third kappa shape index (κ3) is 4.56. The molecule has 0 aliphatic carbocycles. The number of rotatable bonds is 5. The Labute approximate surface area is 172 Å². The standard InChI is InChI=1S/C21H19ClFN3O3/c22-18-11-15(23)8-9-17(18)21(27)26-10-4-5-14(12-26)20-25-24-19(29-20)13-28-16-6-2-1-3-7-16/h1-3,6-9,11,14H,4-5,10,12-13H2. The fourth-order valence-electron chi connectivity index (χ4n) is 3.35. The molecule has 8 heteroatoms. The smallest absolute Gasteiger partial charge is 0.255 e. The summed E-state index contributed by atoms with van der Waals surface area (Å²) in [7, 11) is 0. The highest BCUT2D eigenvalue weighted by Crippen LogP contribution is 2.28.